The lowest BCUT2D eigenvalue weighted by Gasteiger charge is -2.32. The topological polar surface area (TPSA) is 84.2 Å². The molecule has 1 unspecified atom stereocenters. The van der Waals surface area contributed by atoms with Crippen LogP contribution in [0.4, 0.5) is 13.2 Å². The Balaban J connectivity index is 1.73. The van der Waals surface area contributed by atoms with Crippen LogP contribution < -0.4 is 0 Å². The lowest BCUT2D eigenvalue weighted by atomic mass is 10.0. The van der Waals surface area contributed by atoms with Gasteiger partial charge in [0, 0.05) is 44.1 Å². The van der Waals surface area contributed by atoms with Crippen LogP contribution in [0, 0.1) is 12.8 Å². The maximum absolute atomic E-state index is 13.2. The van der Waals surface area contributed by atoms with Gasteiger partial charge in [-0.3, -0.25) is 9.59 Å². The van der Waals surface area contributed by atoms with E-state index in [1.807, 2.05) is 25.7 Å². The number of hydrogen-bond acceptors (Lipinski definition) is 5. The first-order valence-corrected chi connectivity index (χ1v) is 10.9. The molecule has 1 aliphatic heterocycles. The van der Waals surface area contributed by atoms with E-state index in [0.29, 0.717) is 36.5 Å². The third-order valence-electron chi connectivity index (χ3n) is 5.66. The van der Waals surface area contributed by atoms with Gasteiger partial charge < -0.3 is 9.80 Å². The lowest BCUT2D eigenvalue weighted by molar-refractivity contribution is -0.137. The summed E-state index contributed by atoms with van der Waals surface area (Å²) in [5.74, 6) is 0.191. The van der Waals surface area contributed by atoms with Gasteiger partial charge >= 0.3 is 6.18 Å². The fourth-order valence-corrected chi connectivity index (χ4v) is 3.94. The van der Waals surface area contributed by atoms with Gasteiger partial charge in [-0.05, 0) is 62.2 Å². The molecule has 0 N–H and O–H groups in total. The lowest BCUT2D eigenvalue weighted by Crippen LogP contribution is -2.42. The Morgan fingerprint density at radius 1 is 1.26 bits per heavy atom. The first-order chi connectivity index (χ1) is 15.7. The van der Waals surface area contributed by atoms with Crippen LogP contribution in [0.25, 0.3) is 6.08 Å². The summed E-state index contributed by atoms with van der Waals surface area (Å²) in [6, 6.07) is 3.32. The van der Waals surface area contributed by atoms with Crippen molar-refractivity contribution in [3.8, 4) is 0 Å². The van der Waals surface area contributed by atoms with Gasteiger partial charge in [-0.2, -0.15) is 18.0 Å². The molecule has 1 atom stereocenters. The Labute approximate surface area is 196 Å². The second-order valence-corrected chi connectivity index (χ2v) is 9.58. The smallest absolute Gasteiger partial charge is 0.342 e. The molecule has 1 fully saturated rings. The Kier molecular flexibility index (Phi) is 7.13. The summed E-state index contributed by atoms with van der Waals surface area (Å²) >= 11 is 0. The first-order valence-electron chi connectivity index (χ1n) is 10.9. The first kappa shape index (κ1) is 25.4. The molecule has 0 spiro atoms. The normalized spacial score (nSPS) is 17.1. The van der Waals surface area contributed by atoms with Crippen LogP contribution in [0.5, 0.6) is 0 Å². The van der Waals surface area contributed by atoms with Gasteiger partial charge in [0.1, 0.15) is 0 Å². The standard InChI is InChI=1S/C23H29F3N6O2/c1-15-27-29-32(28-15)14-18-11-19(23(24,25)26)8-6-17(18)7-9-20(33)30(5)12-16-10-21(34)31(13-16)22(2,3)4/h6-9,11,16H,10,12-14H2,1-5H3. The number of benzene rings is 1. The molecule has 0 bridgehead atoms. The van der Waals surface area contributed by atoms with Gasteiger partial charge in [0.2, 0.25) is 11.8 Å². The van der Waals surface area contributed by atoms with Crippen molar-refractivity contribution in [2.75, 3.05) is 20.1 Å². The SMILES string of the molecule is Cc1nnn(Cc2cc(C(F)(F)F)ccc2C=CC(=O)N(C)CC2CC(=O)N(C(C)(C)C)C2)n1. The van der Waals surface area contributed by atoms with Crippen LogP contribution in [0.15, 0.2) is 24.3 Å². The highest BCUT2D eigenvalue weighted by Gasteiger charge is 2.36. The monoisotopic (exact) mass is 478 g/mol. The average Bonchev–Trinajstić information content (AvgIpc) is 3.30. The fraction of sp³-hybridized carbons (Fsp3) is 0.522. The second-order valence-electron chi connectivity index (χ2n) is 9.58. The zero-order valence-electron chi connectivity index (χ0n) is 19.9. The van der Waals surface area contributed by atoms with Gasteiger partial charge in [0.05, 0.1) is 12.1 Å². The van der Waals surface area contributed by atoms with Crippen molar-refractivity contribution in [1.29, 1.82) is 0 Å². The van der Waals surface area contributed by atoms with Crippen molar-refractivity contribution in [3.05, 3.63) is 46.8 Å². The minimum atomic E-state index is -4.50. The maximum Gasteiger partial charge on any atom is 0.416 e. The second kappa shape index (κ2) is 9.55. The number of likely N-dealkylation sites (N-methyl/N-ethyl adjacent to an activating group) is 1. The number of hydrogen-bond donors (Lipinski definition) is 0. The van der Waals surface area contributed by atoms with E-state index in [9.17, 15) is 22.8 Å². The molecule has 8 nitrogen and oxygen atoms in total. The number of rotatable bonds is 6. The van der Waals surface area contributed by atoms with E-state index in [4.69, 9.17) is 0 Å². The zero-order valence-corrected chi connectivity index (χ0v) is 19.9. The van der Waals surface area contributed by atoms with E-state index in [-0.39, 0.29) is 29.8 Å². The molecular weight excluding hydrogens is 449 g/mol. The zero-order chi connectivity index (χ0) is 25.3. The molecule has 11 heteroatoms. The molecule has 34 heavy (non-hydrogen) atoms. The van der Waals surface area contributed by atoms with E-state index in [1.54, 1.807) is 14.0 Å². The minimum absolute atomic E-state index is 0.0253. The summed E-state index contributed by atoms with van der Waals surface area (Å²) in [5.41, 5.74) is -0.319. The number of alkyl halides is 3. The van der Waals surface area contributed by atoms with E-state index in [1.165, 1.54) is 27.9 Å². The van der Waals surface area contributed by atoms with Crippen molar-refractivity contribution in [2.45, 2.75) is 52.4 Å². The number of nitrogens with zero attached hydrogens (tertiary/aromatic N) is 6. The number of amides is 2. The molecule has 1 saturated heterocycles. The third kappa shape index (κ3) is 6.21. The predicted octanol–water partition coefficient (Wildman–Crippen LogP) is 3.17. The summed E-state index contributed by atoms with van der Waals surface area (Å²) in [6.07, 6.45) is -1.31. The van der Waals surface area contributed by atoms with Crippen LogP contribution in [0.1, 0.15) is 49.7 Å². The number of aromatic nitrogens is 4. The van der Waals surface area contributed by atoms with Crippen molar-refractivity contribution in [3.63, 3.8) is 0 Å². The molecule has 1 aromatic heterocycles. The van der Waals surface area contributed by atoms with Crippen LogP contribution in [-0.2, 0) is 22.3 Å². The Hall–Kier alpha value is -3.24. The molecule has 0 radical (unpaired) electrons. The molecule has 0 saturated carbocycles. The fourth-order valence-electron chi connectivity index (χ4n) is 3.94. The molecule has 184 valence electrons. The minimum Gasteiger partial charge on any atom is -0.342 e. The maximum atomic E-state index is 13.2. The number of carbonyl (C=O) groups is 2. The molecule has 0 aliphatic carbocycles. The van der Waals surface area contributed by atoms with Gasteiger partial charge in [0.15, 0.2) is 5.82 Å². The molecule has 2 aromatic rings. The van der Waals surface area contributed by atoms with Gasteiger partial charge in [0.25, 0.3) is 0 Å². The summed E-state index contributed by atoms with van der Waals surface area (Å²) in [5, 5.41) is 11.6. The van der Waals surface area contributed by atoms with E-state index < -0.39 is 11.7 Å². The molecule has 3 rings (SSSR count). The van der Waals surface area contributed by atoms with Crippen molar-refractivity contribution in [1.82, 2.24) is 30.0 Å². The van der Waals surface area contributed by atoms with Crippen molar-refractivity contribution >= 4 is 17.9 Å². The van der Waals surface area contributed by atoms with E-state index >= 15 is 0 Å². The highest BCUT2D eigenvalue weighted by Crippen LogP contribution is 2.31. The van der Waals surface area contributed by atoms with Crippen LogP contribution in [-0.4, -0.2) is 67.5 Å². The van der Waals surface area contributed by atoms with Crippen LogP contribution in [0.2, 0.25) is 0 Å². The molecule has 2 heterocycles. The number of carbonyl (C=O) groups excluding carboxylic acids is 2. The number of tetrazole rings is 1. The number of aryl methyl sites for hydroxylation is 1. The molecule has 1 aromatic carbocycles. The third-order valence-corrected chi connectivity index (χ3v) is 5.66. The summed E-state index contributed by atoms with van der Waals surface area (Å²) in [6.45, 7) is 8.51. The highest BCUT2D eigenvalue weighted by molar-refractivity contribution is 5.92. The number of likely N-dealkylation sites (tertiary alicyclic amines) is 1. The predicted molar refractivity (Wildman–Crippen MR) is 119 cm³/mol. The van der Waals surface area contributed by atoms with E-state index in [0.717, 1.165) is 12.1 Å². The molecular formula is C23H29F3N6O2. The quantitative estimate of drug-likeness (QED) is 0.596. The van der Waals surface area contributed by atoms with Crippen LogP contribution in [0.3, 0.4) is 0 Å². The Morgan fingerprint density at radius 2 is 1.97 bits per heavy atom. The Bertz CT molecular complexity index is 1090. The summed E-state index contributed by atoms with van der Waals surface area (Å²) < 4.78 is 39.7. The van der Waals surface area contributed by atoms with Gasteiger partial charge in [-0.25, -0.2) is 0 Å². The van der Waals surface area contributed by atoms with Gasteiger partial charge in [-0.1, -0.05) is 6.07 Å². The summed E-state index contributed by atoms with van der Waals surface area (Å²) in [4.78, 5) is 29.5. The van der Waals surface area contributed by atoms with Crippen molar-refractivity contribution < 1.29 is 22.8 Å². The molecule has 1 aliphatic rings. The number of halogens is 3. The Morgan fingerprint density at radius 3 is 2.53 bits per heavy atom. The van der Waals surface area contributed by atoms with Crippen molar-refractivity contribution in [2.24, 2.45) is 5.92 Å². The van der Waals surface area contributed by atoms with Crippen LogP contribution >= 0.6 is 0 Å². The average molecular weight is 479 g/mol. The highest BCUT2D eigenvalue weighted by atomic mass is 19.4. The summed E-state index contributed by atoms with van der Waals surface area (Å²) in [7, 11) is 1.65. The largest absolute Gasteiger partial charge is 0.416 e. The molecule has 2 amide bonds. The van der Waals surface area contributed by atoms with Gasteiger partial charge in [-0.15, -0.1) is 10.2 Å². The van der Waals surface area contributed by atoms with E-state index in [2.05, 4.69) is 15.4 Å².